The molecule has 1 saturated carbocycles. The number of benzene rings is 1. The van der Waals surface area contributed by atoms with Crippen molar-refractivity contribution in [1.82, 2.24) is 5.32 Å². The monoisotopic (exact) mass is 339 g/mol. The van der Waals surface area contributed by atoms with Gasteiger partial charge in [0.05, 0.1) is 0 Å². The van der Waals surface area contributed by atoms with Crippen LogP contribution in [0, 0.1) is 5.92 Å². The Balaban J connectivity index is 2.29. The molecule has 1 aliphatic carbocycles. The summed E-state index contributed by atoms with van der Waals surface area (Å²) in [6, 6.07) is 7.02. The zero-order valence-electron chi connectivity index (χ0n) is 14.1. The molecule has 1 aromatic rings. The van der Waals surface area contributed by atoms with Gasteiger partial charge in [0.15, 0.2) is 5.72 Å². The van der Waals surface area contributed by atoms with Crippen molar-refractivity contribution < 1.29 is 14.6 Å². The van der Waals surface area contributed by atoms with Crippen molar-refractivity contribution in [3.63, 3.8) is 0 Å². The maximum Gasteiger partial charge on any atom is 0.410 e. The predicted octanol–water partition coefficient (Wildman–Crippen LogP) is 4.59. The molecular formula is C18H26ClNO3. The molecule has 1 aliphatic rings. The lowest BCUT2D eigenvalue weighted by atomic mass is 9.78. The highest BCUT2D eigenvalue weighted by Gasteiger charge is 2.41. The van der Waals surface area contributed by atoms with Gasteiger partial charge in [-0.2, -0.15) is 0 Å². The lowest BCUT2D eigenvalue weighted by molar-refractivity contribution is -0.0717. The third-order valence-electron chi connectivity index (χ3n) is 4.15. The largest absolute Gasteiger partial charge is 0.444 e. The van der Waals surface area contributed by atoms with Crippen LogP contribution < -0.4 is 5.32 Å². The van der Waals surface area contributed by atoms with E-state index in [1.54, 1.807) is 45.0 Å². The molecule has 23 heavy (non-hydrogen) atoms. The second-order valence-corrected chi connectivity index (χ2v) is 7.67. The number of aliphatic hydroxyl groups is 1. The van der Waals surface area contributed by atoms with Gasteiger partial charge in [-0.15, -0.1) is 0 Å². The number of hydrogen-bond donors (Lipinski definition) is 2. The summed E-state index contributed by atoms with van der Waals surface area (Å²) in [5.41, 5.74) is -1.48. The summed E-state index contributed by atoms with van der Waals surface area (Å²) < 4.78 is 5.33. The number of nitrogens with one attached hydrogen (secondary N) is 1. The molecule has 4 nitrogen and oxygen atoms in total. The fourth-order valence-corrected chi connectivity index (χ4v) is 3.31. The number of amides is 1. The van der Waals surface area contributed by atoms with Crippen molar-refractivity contribution in [3.05, 3.63) is 34.9 Å². The third kappa shape index (κ3) is 4.85. The predicted molar refractivity (Wildman–Crippen MR) is 91.3 cm³/mol. The summed E-state index contributed by atoms with van der Waals surface area (Å²) in [5.74, 6) is -0.0535. The highest BCUT2D eigenvalue weighted by Crippen LogP contribution is 2.38. The zero-order valence-corrected chi connectivity index (χ0v) is 14.8. The van der Waals surface area contributed by atoms with Gasteiger partial charge in [0.1, 0.15) is 5.60 Å². The maximum absolute atomic E-state index is 12.2. The van der Waals surface area contributed by atoms with Gasteiger partial charge in [0.2, 0.25) is 0 Å². The Bertz CT molecular complexity index is 549. The molecule has 0 saturated heterocycles. The van der Waals surface area contributed by atoms with E-state index in [1.165, 1.54) is 0 Å². The van der Waals surface area contributed by atoms with Crippen LogP contribution in [0.25, 0.3) is 0 Å². The van der Waals surface area contributed by atoms with Crippen molar-refractivity contribution in [1.29, 1.82) is 0 Å². The Morgan fingerprint density at radius 2 is 1.91 bits per heavy atom. The molecule has 1 aromatic carbocycles. The van der Waals surface area contributed by atoms with Crippen LogP contribution in [0.15, 0.2) is 24.3 Å². The number of halogens is 1. The Morgan fingerprint density at radius 1 is 1.26 bits per heavy atom. The van der Waals surface area contributed by atoms with E-state index in [2.05, 4.69) is 5.32 Å². The Hall–Kier alpha value is -1.26. The van der Waals surface area contributed by atoms with Gasteiger partial charge < -0.3 is 9.84 Å². The fraction of sp³-hybridized carbons (Fsp3) is 0.611. The molecule has 1 unspecified atom stereocenters. The quantitative estimate of drug-likeness (QED) is 0.792. The summed E-state index contributed by atoms with van der Waals surface area (Å²) in [6.45, 7) is 5.39. The molecule has 0 heterocycles. The number of carbonyl (C=O) groups is 1. The fourth-order valence-electron chi connectivity index (χ4n) is 3.12. The second kappa shape index (κ2) is 7.10. The Morgan fingerprint density at radius 3 is 2.48 bits per heavy atom. The van der Waals surface area contributed by atoms with E-state index in [0.717, 1.165) is 32.1 Å². The van der Waals surface area contributed by atoms with Crippen LogP contribution in [0.2, 0.25) is 5.02 Å². The molecule has 0 spiro atoms. The summed E-state index contributed by atoms with van der Waals surface area (Å²) in [7, 11) is 0. The minimum Gasteiger partial charge on any atom is -0.444 e. The van der Waals surface area contributed by atoms with Crippen molar-refractivity contribution in [2.24, 2.45) is 5.92 Å². The number of alkyl carbamates (subject to hydrolysis) is 1. The lowest BCUT2D eigenvalue weighted by Crippen LogP contribution is -2.53. The lowest BCUT2D eigenvalue weighted by Gasteiger charge is -2.39. The first kappa shape index (κ1) is 18.1. The van der Waals surface area contributed by atoms with E-state index in [4.69, 9.17) is 16.3 Å². The average Bonchev–Trinajstić information content (AvgIpc) is 2.46. The molecular weight excluding hydrogens is 314 g/mol. The maximum atomic E-state index is 12.2. The molecule has 1 amide bonds. The molecule has 2 N–H and O–H groups in total. The first-order valence-electron chi connectivity index (χ1n) is 8.20. The molecule has 0 bridgehead atoms. The number of carbonyl (C=O) groups excluding carboxylic acids is 1. The molecule has 5 heteroatoms. The highest BCUT2D eigenvalue weighted by molar-refractivity contribution is 6.30. The Labute approximate surface area is 143 Å². The number of hydrogen-bond acceptors (Lipinski definition) is 3. The molecule has 1 atom stereocenters. The SMILES string of the molecule is CC(C)(C)OC(=O)NC(O)(c1cccc(Cl)c1)C1CCCCC1. The minimum atomic E-state index is -1.46. The zero-order chi connectivity index (χ0) is 17.1. The summed E-state index contributed by atoms with van der Waals surface area (Å²) >= 11 is 6.08. The smallest absolute Gasteiger partial charge is 0.410 e. The normalized spacial score (nSPS) is 19.0. The summed E-state index contributed by atoms with van der Waals surface area (Å²) in [4.78, 5) is 12.2. The molecule has 0 aliphatic heterocycles. The summed E-state index contributed by atoms with van der Waals surface area (Å²) in [5, 5.41) is 14.6. The van der Waals surface area contributed by atoms with E-state index in [-0.39, 0.29) is 5.92 Å². The second-order valence-electron chi connectivity index (χ2n) is 7.24. The van der Waals surface area contributed by atoms with Gasteiger partial charge in [-0.1, -0.05) is 43.0 Å². The average molecular weight is 340 g/mol. The minimum absolute atomic E-state index is 0.0535. The van der Waals surface area contributed by atoms with Crippen LogP contribution in [-0.2, 0) is 10.5 Å². The van der Waals surface area contributed by atoms with Crippen LogP contribution >= 0.6 is 11.6 Å². The standard InChI is InChI=1S/C18H26ClNO3/c1-17(2,3)23-16(21)20-18(22,13-8-5-4-6-9-13)14-10-7-11-15(19)12-14/h7,10-13,22H,4-6,8-9H2,1-3H3,(H,20,21). The van der Waals surface area contributed by atoms with Gasteiger partial charge >= 0.3 is 6.09 Å². The van der Waals surface area contributed by atoms with Gasteiger partial charge in [0.25, 0.3) is 0 Å². The van der Waals surface area contributed by atoms with Crippen LogP contribution in [0.1, 0.15) is 58.4 Å². The first-order chi connectivity index (χ1) is 10.7. The van der Waals surface area contributed by atoms with Crippen LogP contribution in [0.5, 0.6) is 0 Å². The molecule has 0 radical (unpaired) electrons. The van der Waals surface area contributed by atoms with E-state index in [9.17, 15) is 9.90 Å². The van der Waals surface area contributed by atoms with Gasteiger partial charge in [-0.25, -0.2) is 4.79 Å². The first-order valence-corrected chi connectivity index (χ1v) is 8.58. The van der Waals surface area contributed by atoms with Gasteiger partial charge in [0, 0.05) is 16.5 Å². The van der Waals surface area contributed by atoms with Crippen molar-refractivity contribution in [2.45, 2.75) is 64.2 Å². The van der Waals surface area contributed by atoms with E-state index >= 15 is 0 Å². The Kier molecular flexibility index (Phi) is 5.58. The van der Waals surface area contributed by atoms with Crippen LogP contribution in [-0.4, -0.2) is 16.8 Å². The van der Waals surface area contributed by atoms with E-state index in [1.807, 2.05) is 0 Å². The molecule has 1 fully saturated rings. The molecule has 0 aromatic heterocycles. The van der Waals surface area contributed by atoms with Gasteiger partial charge in [-0.05, 0) is 45.7 Å². The van der Waals surface area contributed by atoms with Crippen molar-refractivity contribution in [2.75, 3.05) is 0 Å². The highest BCUT2D eigenvalue weighted by atomic mass is 35.5. The van der Waals surface area contributed by atoms with Crippen LogP contribution in [0.4, 0.5) is 4.79 Å². The summed E-state index contributed by atoms with van der Waals surface area (Å²) in [6.07, 6.45) is 4.35. The number of ether oxygens (including phenoxy) is 1. The third-order valence-corrected chi connectivity index (χ3v) is 4.39. The van der Waals surface area contributed by atoms with Crippen molar-refractivity contribution >= 4 is 17.7 Å². The van der Waals surface area contributed by atoms with Crippen LogP contribution in [0.3, 0.4) is 0 Å². The molecule has 128 valence electrons. The topological polar surface area (TPSA) is 58.6 Å². The van der Waals surface area contributed by atoms with Gasteiger partial charge in [-0.3, -0.25) is 5.32 Å². The van der Waals surface area contributed by atoms with E-state index in [0.29, 0.717) is 10.6 Å². The molecule has 2 rings (SSSR count). The van der Waals surface area contributed by atoms with E-state index < -0.39 is 17.4 Å². The van der Waals surface area contributed by atoms with Crippen molar-refractivity contribution in [3.8, 4) is 0 Å². The number of rotatable bonds is 3.